The smallest absolute Gasteiger partial charge is 0.410 e. The molecule has 1 amide bonds. The number of unbranched alkanes of at least 4 members (excludes halogenated alkanes) is 5. The molecule has 5 nitrogen and oxygen atoms in total. The molecule has 0 N–H and O–H groups in total. The summed E-state index contributed by atoms with van der Waals surface area (Å²) in [4.78, 5) is 28.2. The first-order valence-electron chi connectivity index (χ1n) is 14.0. The van der Waals surface area contributed by atoms with Gasteiger partial charge < -0.3 is 9.47 Å². The summed E-state index contributed by atoms with van der Waals surface area (Å²) in [6.07, 6.45) is 10.4. The van der Waals surface area contributed by atoms with E-state index in [1.165, 1.54) is 41.5 Å². The van der Waals surface area contributed by atoms with Crippen molar-refractivity contribution in [2.75, 3.05) is 19.8 Å². The number of fused-ring (bicyclic) bond motifs is 5. The lowest BCUT2D eigenvalue weighted by Gasteiger charge is -2.47. The lowest BCUT2D eigenvalue weighted by molar-refractivity contribution is -0.131. The van der Waals surface area contributed by atoms with Crippen molar-refractivity contribution in [3.05, 3.63) is 72.3 Å². The molecule has 2 atom stereocenters. The van der Waals surface area contributed by atoms with Crippen LogP contribution in [0.1, 0.15) is 74.8 Å². The number of piperidine rings is 1. The summed E-state index contributed by atoms with van der Waals surface area (Å²) in [6, 6.07) is 16.6. The third kappa shape index (κ3) is 5.67. The predicted molar refractivity (Wildman–Crippen MR) is 146 cm³/mol. The van der Waals surface area contributed by atoms with E-state index in [1.807, 2.05) is 23.1 Å². The average Bonchev–Trinajstić information content (AvgIpc) is 3.24. The Kier molecular flexibility index (Phi) is 8.40. The van der Waals surface area contributed by atoms with E-state index in [-0.39, 0.29) is 30.0 Å². The third-order valence-electron chi connectivity index (χ3n) is 8.35. The Hall–Kier alpha value is -2.92. The number of carbonyl (C=O) groups excluding carboxylic acids is 2. The van der Waals surface area contributed by atoms with Gasteiger partial charge in [0.2, 0.25) is 0 Å². The molecule has 196 valence electrons. The minimum absolute atomic E-state index is 0.0253. The van der Waals surface area contributed by atoms with E-state index < -0.39 is 0 Å². The molecule has 2 fully saturated rings. The van der Waals surface area contributed by atoms with E-state index >= 15 is 0 Å². The summed E-state index contributed by atoms with van der Waals surface area (Å²) in [5.41, 5.74) is 4.87. The average molecular weight is 502 g/mol. The van der Waals surface area contributed by atoms with Gasteiger partial charge in [-0.2, -0.15) is 0 Å². The number of ether oxygens (including phenoxy) is 2. The zero-order valence-corrected chi connectivity index (χ0v) is 21.8. The SMILES string of the molecule is C=CCCCCCCCC(=O)C1CC2COCC(C1)N2C(=O)OCC1c2ccccc2-c2ccccc21. The van der Waals surface area contributed by atoms with Gasteiger partial charge in [0, 0.05) is 18.3 Å². The Morgan fingerprint density at radius 1 is 0.892 bits per heavy atom. The normalized spacial score (nSPS) is 22.3. The maximum atomic E-state index is 13.3. The fraction of sp³-hybridized carbons (Fsp3) is 0.500. The molecule has 5 heteroatoms. The number of hydrogen-bond acceptors (Lipinski definition) is 4. The van der Waals surface area contributed by atoms with E-state index in [9.17, 15) is 9.59 Å². The molecule has 0 spiro atoms. The molecule has 2 aromatic carbocycles. The van der Waals surface area contributed by atoms with Crippen molar-refractivity contribution in [2.45, 2.75) is 75.8 Å². The Bertz CT molecular complexity index is 1050. The van der Waals surface area contributed by atoms with Gasteiger partial charge in [0.15, 0.2) is 0 Å². The highest BCUT2D eigenvalue weighted by Crippen LogP contribution is 2.44. The zero-order chi connectivity index (χ0) is 25.6. The number of allylic oxidation sites excluding steroid dienone is 1. The maximum absolute atomic E-state index is 13.3. The third-order valence-corrected chi connectivity index (χ3v) is 8.35. The van der Waals surface area contributed by atoms with Gasteiger partial charge >= 0.3 is 6.09 Å². The fourth-order valence-electron chi connectivity index (χ4n) is 6.47. The molecule has 2 aliphatic heterocycles. The second kappa shape index (κ2) is 12.1. The second-order valence-corrected chi connectivity index (χ2v) is 10.8. The number of rotatable bonds is 11. The summed E-state index contributed by atoms with van der Waals surface area (Å²) < 4.78 is 11.8. The highest BCUT2D eigenvalue weighted by molar-refractivity contribution is 5.82. The van der Waals surface area contributed by atoms with Crippen molar-refractivity contribution in [3.8, 4) is 11.1 Å². The van der Waals surface area contributed by atoms with Crippen LogP contribution in [0.25, 0.3) is 11.1 Å². The largest absolute Gasteiger partial charge is 0.448 e. The number of carbonyl (C=O) groups is 2. The van der Waals surface area contributed by atoms with Crippen LogP contribution >= 0.6 is 0 Å². The molecule has 0 radical (unpaired) electrons. The van der Waals surface area contributed by atoms with E-state index in [2.05, 4.69) is 43.0 Å². The van der Waals surface area contributed by atoms with Crippen molar-refractivity contribution in [3.63, 3.8) is 0 Å². The molecule has 3 aliphatic rings. The molecule has 2 aromatic rings. The summed E-state index contributed by atoms with van der Waals surface area (Å²) in [5, 5.41) is 0. The standard InChI is InChI=1S/C32H39NO4/c1-2-3-4-5-6-7-8-17-31(34)23-18-24-20-36-21-25(19-23)33(24)32(35)37-22-30-28-15-11-9-13-26(28)27-14-10-12-16-29(27)30/h2,9-16,23-25,30H,1,3-8,17-22H2. The minimum atomic E-state index is -0.273. The van der Waals surface area contributed by atoms with Crippen LogP contribution in [0.15, 0.2) is 61.2 Å². The maximum Gasteiger partial charge on any atom is 0.410 e. The first-order valence-corrected chi connectivity index (χ1v) is 14.0. The van der Waals surface area contributed by atoms with Crippen LogP contribution in [0.3, 0.4) is 0 Å². The molecule has 1 aliphatic carbocycles. The predicted octanol–water partition coefficient (Wildman–Crippen LogP) is 6.90. The number of Topliss-reactive ketones (excluding diaryl/α,β-unsaturated/α-hetero) is 1. The Balaban J connectivity index is 1.15. The van der Waals surface area contributed by atoms with Gasteiger partial charge in [0.1, 0.15) is 12.4 Å². The van der Waals surface area contributed by atoms with Crippen LogP contribution in [-0.4, -0.2) is 48.7 Å². The number of benzene rings is 2. The van der Waals surface area contributed by atoms with E-state index in [1.54, 1.807) is 0 Å². The van der Waals surface area contributed by atoms with Crippen LogP contribution in [0.5, 0.6) is 0 Å². The molecule has 37 heavy (non-hydrogen) atoms. The fourth-order valence-corrected chi connectivity index (χ4v) is 6.47. The van der Waals surface area contributed by atoms with E-state index in [4.69, 9.17) is 9.47 Å². The first-order chi connectivity index (χ1) is 18.2. The van der Waals surface area contributed by atoms with Crippen LogP contribution in [0.4, 0.5) is 4.79 Å². The number of hydrogen-bond donors (Lipinski definition) is 0. The van der Waals surface area contributed by atoms with Crippen LogP contribution in [0, 0.1) is 5.92 Å². The molecular weight excluding hydrogens is 462 g/mol. The minimum Gasteiger partial charge on any atom is -0.448 e. The topological polar surface area (TPSA) is 55.8 Å². The molecule has 0 saturated carbocycles. The zero-order valence-electron chi connectivity index (χ0n) is 21.8. The number of amides is 1. The monoisotopic (exact) mass is 501 g/mol. The highest BCUT2D eigenvalue weighted by atomic mass is 16.6. The van der Waals surface area contributed by atoms with E-state index in [0.717, 1.165) is 19.3 Å². The summed E-state index contributed by atoms with van der Waals surface area (Å²) in [5.74, 6) is 0.427. The second-order valence-electron chi connectivity index (χ2n) is 10.8. The van der Waals surface area contributed by atoms with Gasteiger partial charge in [-0.15, -0.1) is 6.58 Å². The molecule has 2 heterocycles. The number of nitrogens with zero attached hydrogens (tertiary/aromatic N) is 1. The van der Waals surface area contributed by atoms with Gasteiger partial charge in [-0.1, -0.05) is 73.9 Å². The Labute approximate surface area is 220 Å². The molecule has 5 rings (SSSR count). The van der Waals surface area contributed by atoms with Crippen molar-refractivity contribution in [1.82, 2.24) is 4.90 Å². The van der Waals surface area contributed by atoms with Gasteiger partial charge in [-0.25, -0.2) is 4.79 Å². The summed E-state index contributed by atoms with van der Waals surface area (Å²) >= 11 is 0. The molecule has 2 bridgehead atoms. The van der Waals surface area contributed by atoms with Crippen molar-refractivity contribution in [2.24, 2.45) is 5.92 Å². The number of ketones is 1. The van der Waals surface area contributed by atoms with Crippen molar-refractivity contribution >= 4 is 11.9 Å². The molecule has 2 saturated heterocycles. The Morgan fingerprint density at radius 2 is 1.49 bits per heavy atom. The summed E-state index contributed by atoms with van der Waals surface area (Å²) in [6.45, 7) is 5.05. The van der Waals surface area contributed by atoms with Crippen LogP contribution in [-0.2, 0) is 14.3 Å². The first kappa shape index (κ1) is 25.7. The number of morpholine rings is 1. The van der Waals surface area contributed by atoms with Gasteiger partial charge in [0.25, 0.3) is 0 Å². The van der Waals surface area contributed by atoms with Crippen LogP contribution in [0.2, 0.25) is 0 Å². The Morgan fingerprint density at radius 3 is 2.14 bits per heavy atom. The van der Waals surface area contributed by atoms with Crippen molar-refractivity contribution < 1.29 is 19.1 Å². The highest BCUT2D eigenvalue weighted by Gasteiger charge is 2.44. The molecule has 0 aromatic heterocycles. The van der Waals surface area contributed by atoms with Crippen molar-refractivity contribution in [1.29, 1.82) is 0 Å². The van der Waals surface area contributed by atoms with Gasteiger partial charge in [-0.3, -0.25) is 9.69 Å². The molecular formula is C32H39NO4. The quantitative estimate of drug-likeness (QED) is 0.248. The summed E-state index contributed by atoms with van der Waals surface area (Å²) in [7, 11) is 0. The van der Waals surface area contributed by atoms with Gasteiger partial charge in [0.05, 0.1) is 25.3 Å². The van der Waals surface area contributed by atoms with Crippen LogP contribution < -0.4 is 0 Å². The van der Waals surface area contributed by atoms with E-state index in [0.29, 0.717) is 44.9 Å². The van der Waals surface area contributed by atoms with Gasteiger partial charge in [-0.05, 0) is 54.4 Å². The lowest BCUT2D eigenvalue weighted by Crippen LogP contribution is -2.60. The molecule has 2 unspecified atom stereocenters. The lowest BCUT2D eigenvalue weighted by atomic mass is 9.81.